The van der Waals surface area contributed by atoms with E-state index in [1.54, 1.807) is 26.0 Å². The molecule has 0 aliphatic rings. The monoisotopic (exact) mass is 540 g/mol. The molecule has 0 saturated carbocycles. The maximum Gasteiger partial charge on any atom is 0.305 e. The van der Waals surface area contributed by atoms with Crippen LogP contribution in [0.2, 0.25) is 0 Å². The lowest BCUT2D eigenvalue weighted by molar-refractivity contribution is -0.140. The highest BCUT2D eigenvalue weighted by Gasteiger charge is 2.31. The Morgan fingerprint density at radius 3 is 1.92 bits per heavy atom. The minimum atomic E-state index is -1.36. The second-order valence-electron chi connectivity index (χ2n) is 8.84. The van der Waals surface area contributed by atoms with E-state index in [0.29, 0.717) is 5.56 Å². The van der Waals surface area contributed by atoms with Crippen LogP contribution in [0.4, 0.5) is 0 Å². The third-order valence-electron chi connectivity index (χ3n) is 5.28. The van der Waals surface area contributed by atoms with Crippen LogP contribution in [-0.2, 0) is 35.2 Å². The largest absolute Gasteiger partial charge is 0.508 e. The zero-order valence-corrected chi connectivity index (χ0v) is 21.8. The van der Waals surface area contributed by atoms with Gasteiger partial charge in [0.25, 0.3) is 0 Å². The molecular weight excluding hydrogens is 508 g/mol. The zero-order chi connectivity index (χ0) is 28.3. The fraction of sp³-hybridized carbons (Fsp3) is 0.500. The molecule has 0 unspecified atom stereocenters. The Bertz CT molecular complexity index is 999. The predicted octanol–water partition coefficient (Wildman–Crippen LogP) is -0.148. The number of carboxylic acid groups (broad SMARTS) is 1. The van der Waals surface area contributed by atoms with Crippen molar-refractivity contribution in [1.82, 2.24) is 21.3 Å². The number of aromatic hydroxyl groups is 1. The normalized spacial score (nSPS) is 14.0. The molecule has 1 rings (SSSR count). The van der Waals surface area contributed by atoms with E-state index < -0.39 is 77.8 Å². The van der Waals surface area contributed by atoms with E-state index in [4.69, 9.17) is 16.7 Å². The number of alkyl halides is 1. The molecule has 0 aliphatic carbocycles. The number of nitrogens with one attached hydrogen (secondary N) is 4. The molecule has 0 aromatic heterocycles. The van der Waals surface area contributed by atoms with Crippen LogP contribution in [0.15, 0.2) is 24.3 Å². The van der Waals surface area contributed by atoms with Crippen molar-refractivity contribution in [2.24, 2.45) is 5.92 Å². The number of halogens is 1. The van der Waals surface area contributed by atoms with Gasteiger partial charge in [0.1, 0.15) is 23.9 Å². The fourth-order valence-corrected chi connectivity index (χ4v) is 3.48. The summed E-state index contributed by atoms with van der Waals surface area (Å²) in [6, 6.07) is 1.43. The summed E-state index contributed by atoms with van der Waals surface area (Å²) in [6.07, 6.45) is -0.579. The lowest BCUT2D eigenvalue weighted by Crippen LogP contribution is -2.58. The number of carbonyl (C=O) groups excluding carboxylic acids is 5. The number of aliphatic carboxylic acids is 1. The molecule has 37 heavy (non-hydrogen) atoms. The van der Waals surface area contributed by atoms with Crippen molar-refractivity contribution >= 4 is 47.0 Å². The second-order valence-corrected chi connectivity index (χ2v) is 9.11. The summed E-state index contributed by atoms with van der Waals surface area (Å²) in [5.74, 6) is -5.49. The molecule has 6 N–H and O–H groups in total. The van der Waals surface area contributed by atoms with Crippen molar-refractivity contribution in [1.29, 1.82) is 0 Å². The Morgan fingerprint density at radius 2 is 1.43 bits per heavy atom. The first kappa shape index (κ1) is 31.4. The van der Waals surface area contributed by atoms with Gasteiger partial charge in [-0.2, -0.15) is 0 Å². The first-order valence-corrected chi connectivity index (χ1v) is 12.0. The summed E-state index contributed by atoms with van der Waals surface area (Å²) < 4.78 is 0. The van der Waals surface area contributed by atoms with Gasteiger partial charge >= 0.3 is 5.97 Å². The Kier molecular flexibility index (Phi) is 12.5. The third kappa shape index (κ3) is 10.9. The average Bonchev–Trinajstić information content (AvgIpc) is 2.81. The first-order valence-electron chi connectivity index (χ1n) is 11.5. The Labute approximate surface area is 219 Å². The number of amides is 4. The highest BCUT2D eigenvalue weighted by molar-refractivity contribution is 6.28. The van der Waals surface area contributed by atoms with Crippen molar-refractivity contribution in [2.45, 2.75) is 64.7 Å². The SMILES string of the molecule is CC(=O)N[C@H](Cc1ccc(O)cc1)C(=O)N[C@H](C(=O)N[C@@H](C)C(=O)N[C@@H](CC(=O)O)C(=O)CCl)C(C)C. The number of Topliss-reactive ketones (excluding diaryl/α,β-unsaturated/α-hetero) is 1. The van der Waals surface area contributed by atoms with Crippen LogP contribution in [0, 0.1) is 5.92 Å². The molecule has 12 nitrogen and oxygen atoms in total. The van der Waals surface area contributed by atoms with Gasteiger partial charge in [0.05, 0.1) is 18.3 Å². The summed E-state index contributed by atoms with van der Waals surface area (Å²) in [7, 11) is 0. The van der Waals surface area contributed by atoms with E-state index in [0.717, 1.165) is 0 Å². The summed E-state index contributed by atoms with van der Waals surface area (Å²) in [4.78, 5) is 72.9. The van der Waals surface area contributed by atoms with Crippen LogP contribution in [0.5, 0.6) is 5.75 Å². The summed E-state index contributed by atoms with van der Waals surface area (Å²) in [6.45, 7) is 5.92. The van der Waals surface area contributed by atoms with Crippen LogP contribution in [0.25, 0.3) is 0 Å². The zero-order valence-electron chi connectivity index (χ0n) is 21.0. The molecule has 0 spiro atoms. The van der Waals surface area contributed by atoms with Gasteiger partial charge in [-0.25, -0.2) is 0 Å². The Hall–Kier alpha value is -3.67. The number of phenols is 1. The first-order chi connectivity index (χ1) is 17.2. The fourth-order valence-electron chi connectivity index (χ4n) is 3.29. The standard InChI is InChI=1S/C24H33ClN4O8/c1-12(2)21(24(37)26-13(3)22(35)28-17(10-20(33)34)19(32)11-25)29-23(36)18(27-14(4)30)9-15-5-7-16(31)8-6-15/h5-8,12-13,17-18,21,31H,9-11H2,1-4H3,(H,26,37)(H,27,30)(H,28,35)(H,29,36)(H,33,34)/t13-,17-,18+,21-/m0/s1. The number of phenolic OH excluding ortho intramolecular Hbond substituents is 1. The van der Waals surface area contributed by atoms with Crippen LogP contribution in [0.3, 0.4) is 0 Å². The molecule has 4 atom stereocenters. The average molecular weight is 541 g/mol. The number of hydrogen-bond acceptors (Lipinski definition) is 7. The van der Waals surface area contributed by atoms with Crippen molar-refractivity contribution < 1.29 is 39.0 Å². The van der Waals surface area contributed by atoms with Crippen LogP contribution < -0.4 is 21.3 Å². The predicted molar refractivity (Wildman–Crippen MR) is 134 cm³/mol. The topological polar surface area (TPSA) is 191 Å². The van der Waals surface area contributed by atoms with Gasteiger partial charge in [0.15, 0.2) is 5.78 Å². The van der Waals surface area contributed by atoms with Crippen LogP contribution in [-0.4, -0.2) is 75.6 Å². The number of ketones is 1. The quantitative estimate of drug-likeness (QED) is 0.175. The highest BCUT2D eigenvalue weighted by atomic mass is 35.5. The van der Waals surface area contributed by atoms with Crippen molar-refractivity contribution in [3.8, 4) is 5.75 Å². The van der Waals surface area contributed by atoms with Crippen LogP contribution >= 0.6 is 11.6 Å². The number of hydrogen-bond donors (Lipinski definition) is 6. The van der Waals surface area contributed by atoms with Gasteiger partial charge in [-0.15, -0.1) is 11.6 Å². The Morgan fingerprint density at radius 1 is 0.838 bits per heavy atom. The number of carboxylic acids is 1. The number of carbonyl (C=O) groups is 6. The number of rotatable bonds is 14. The van der Waals surface area contributed by atoms with E-state index in [2.05, 4.69) is 21.3 Å². The number of benzene rings is 1. The molecule has 0 radical (unpaired) electrons. The molecule has 13 heteroatoms. The molecule has 4 amide bonds. The second kappa shape index (κ2) is 14.8. The smallest absolute Gasteiger partial charge is 0.305 e. The minimum Gasteiger partial charge on any atom is -0.508 e. The van der Waals surface area contributed by atoms with Gasteiger partial charge in [-0.1, -0.05) is 26.0 Å². The lowest BCUT2D eigenvalue weighted by atomic mass is 10.0. The van der Waals surface area contributed by atoms with Gasteiger partial charge in [-0.3, -0.25) is 28.8 Å². The van der Waals surface area contributed by atoms with E-state index in [1.807, 2.05) is 0 Å². The van der Waals surface area contributed by atoms with Gasteiger partial charge < -0.3 is 31.5 Å². The van der Waals surface area contributed by atoms with Crippen molar-refractivity contribution in [3.05, 3.63) is 29.8 Å². The molecular formula is C24H33ClN4O8. The molecule has 0 bridgehead atoms. The Balaban J connectivity index is 2.92. The summed E-state index contributed by atoms with van der Waals surface area (Å²) >= 11 is 5.48. The van der Waals surface area contributed by atoms with E-state index in [-0.39, 0.29) is 12.2 Å². The van der Waals surface area contributed by atoms with Gasteiger partial charge in [0, 0.05) is 13.3 Å². The molecule has 204 valence electrons. The maximum atomic E-state index is 13.0. The molecule has 0 fully saturated rings. The van der Waals surface area contributed by atoms with Crippen molar-refractivity contribution in [3.63, 3.8) is 0 Å². The molecule has 1 aromatic carbocycles. The van der Waals surface area contributed by atoms with Gasteiger partial charge in [0.2, 0.25) is 23.6 Å². The molecule has 0 saturated heterocycles. The van der Waals surface area contributed by atoms with Crippen LogP contribution in [0.1, 0.15) is 39.7 Å². The van der Waals surface area contributed by atoms with E-state index >= 15 is 0 Å². The highest BCUT2D eigenvalue weighted by Crippen LogP contribution is 2.12. The third-order valence-corrected chi connectivity index (χ3v) is 5.55. The summed E-state index contributed by atoms with van der Waals surface area (Å²) in [5, 5.41) is 28.2. The van der Waals surface area contributed by atoms with Gasteiger partial charge in [-0.05, 0) is 30.5 Å². The van der Waals surface area contributed by atoms with Crippen molar-refractivity contribution in [2.75, 3.05) is 5.88 Å². The maximum absolute atomic E-state index is 13.0. The summed E-state index contributed by atoms with van der Waals surface area (Å²) in [5.41, 5.74) is 0.657. The minimum absolute atomic E-state index is 0.0419. The molecule has 1 aromatic rings. The molecule has 0 aliphatic heterocycles. The van der Waals surface area contributed by atoms with E-state index in [1.165, 1.54) is 26.0 Å². The molecule has 0 heterocycles. The lowest BCUT2D eigenvalue weighted by Gasteiger charge is -2.27. The van der Waals surface area contributed by atoms with E-state index in [9.17, 15) is 33.9 Å².